The lowest BCUT2D eigenvalue weighted by Gasteiger charge is -2.10. The molecule has 0 saturated heterocycles. The van der Waals surface area contributed by atoms with Gasteiger partial charge in [-0.05, 0) is 31.2 Å². The summed E-state index contributed by atoms with van der Waals surface area (Å²) in [7, 11) is 0. The van der Waals surface area contributed by atoms with Gasteiger partial charge in [0.2, 0.25) is 5.76 Å². The van der Waals surface area contributed by atoms with Crippen molar-refractivity contribution in [3.63, 3.8) is 0 Å². The maximum absolute atomic E-state index is 12.1. The van der Waals surface area contributed by atoms with Crippen LogP contribution in [-0.2, 0) is 6.42 Å². The molecule has 1 amide bonds. The summed E-state index contributed by atoms with van der Waals surface area (Å²) in [5, 5.41) is 6.59. The molecule has 21 heavy (non-hydrogen) atoms. The summed E-state index contributed by atoms with van der Waals surface area (Å²) < 4.78 is 15.5. The van der Waals surface area contributed by atoms with Gasteiger partial charge in [-0.25, -0.2) is 0 Å². The van der Waals surface area contributed by atoms with Gasteiger partial charge < -0.3 is 18.7 Å². The fourth-order valence-electron chi connectivity index (χ4n) is 2.00. The lowest BCUT2D eigenvalue weighted by atomic mass is 10.2. The summed E-state index contributed by atoms with van der Waals surface area (Å²) in [5.74, 6) is 1.48. The van der Waals surface area contributed by atoms with Crippen LogP contribution in [0.1, 0.15) is 23.2 Å². The van der Waals surface area contributed by atoms with E-state index in [2.05, 4.69) is 10.5 Å². The number of aromatic nitrogens is 1. The molecule has 0 spiro atoms. The van der Waals surface area contributed by atoms with Crippen LogP contribution < -0.4 is 5.32 Å². The second kappa shape index (κ2) is 5.70. The number of hydrogen-bond acceptors (Lipinski definition) is 5. The van der Waals surface area contributed by atoms with E-state index in [1.807, 2.05) is 19.1 Å². The first-order valence-electron chi connectivity index (χ1n) is 6.56. The summed E-state index contributed by atoms with van der Waals surface area (Å²) >= 11 is 0. The SMILES string of the molecule is C[C@@H](Cc1ccco1)NC(=O)c1cc(-c2ccco2)on1. The van der Waals surface area contributed by atoms with E-state index in [-0.39, 0.29) is 17.6 Å². The summed E-state index contributed by atoms with van der Waals surface area (Å²) in [5.41, 5.74) is 0.215. The molecule has 0 bridgehead atoms. The largest absolute Gasteiger partial charge is 0.469 e. The maximum Gasteiger partial charge on any atom is 0.273 e. The molecule has 6 nitrogen and oxygen atoms in total. The Morgan fingerprint density at radius 1 is 1.24 bits per heavy atom. The van der Waals surface area contributed by atoms with Crippen molar-refractivity contribution in [1.82, 2.24) is 10.5 Å². The second-order valence-corrected chi connectivity index (χ2v) is 4.71. The van der Waals surface area contributed by atoms with Crippen molar-refractivity contribution in [2.45, 2.75) is 19.4 Å². The third-order valence-electron chi connectivity index (χ3n) is 2.97. The summed E-state index contributed by atoms with van der Waals surface area (Å²) in [6.07, 6.45) is 3.75. The highest BCUT2D eigenvalue weighted by Crippen LogP contribution is 2.20. The van der Waals surface area contributed by atoms with Crippen LogP contribution in [0.3, 0.4) is 0 Å². The molecule has 3 aromatic rings. The molecule has 108 valence electrons. The number of amides is 1. The third-order valence-corrected chi connectivity index (χ3v) is 2.97. The van der Waals surface area contributed by atoms with Gasteiger partial charge in [0.15, 0.2) is 11.5 Å². The van der Waals surface area contributed by atoms with Crippen molar-refractivity contribution in [3.05, 3.63) is 54.3 Å². The van der Waals surface area contributed by atoms with Gasteiger partial charge >= 0.3 is 0 Å². The fraction of sp³-hybridized carbons (Fsp3) is 0.200. The van der Waals surface area contributed by atoms with Gasteiger partial charge in [0.25, 0.3) is 5.91 Å². The van der Waals surface area contributed by atoms with Crippen LogP contribution in [0.2, 0.25) is 0 Å². The van der Waals surface area contributed by atoms with E-state index in [0.717, 1.165) is 5.76 Å². The molecular weight excluding hydrogens is 272 g/mol. The maximum atomic E-state index is 12.1. The van der Waals surface area contributed by atoms with Crippen molar-refractivity contribution in [2.75, 3.05) is 0 Å². The monoisotopic (exact) mass is 286 g/mol. The number of carbonyl (C=O) groups excluding carboxylic acids is 1. The zero-order valence-electron chi connectivity index (χ0n) is 11.4. The van der Waals surface area contributed by atoms with Crippen molar-refractivity contribution < 1.29 is 18.2 Å². The van der Waals surface area contributed by atoms with Crippen molar-refractivity contribution in [3.8, 4) is 11.5 Å². The van der Waals surface area contributed by atoms with Gasteiger partial charge in [-0.15, -0.1) is 0 Å². The van der Waals surface area contributed by atoms with Crippen LogP contribution in [0.5, 0.6) is 0 Å². The van der Waals surface area contributed by atoms with Gasteiger partial charge in [-0.1, -0.05) is 5.16 Å². The molecule has 0 aliphatic rings. The van der Waals surface area contributed by atoms with Crippen LogP contribution in [0.15, 0.2) is 56.2 Å². The minimum Gasteiger partial charge on any atom is -0.469 e. The average Bonchev–Trinajstić information content (AvgIpc) is 3.20. The fourth-order valence-corrected chi connectivity index (χ4v) is 2.00. The van der Waals surface area contributed by atoms with Gasteiger partial charge in [0.1, 0.15) is 5.76 Å². The summed E-state index contributed by atoms with van der Waals surface area (Å²) in [6.45, 7) is 1.90. The first-order valence-corrected chi connectivity index (χ1v) is 6.56. The molecular formula is C15H14N2O4. The standard InChI is InChI=1S/C15H14N2O4/c1-10(8-11-4-2-6-19-11)16-15(18)12-9-14(21-17-12)13-5-3-7-20-13/h2-7,9-10H,8H2,1H3,(H,16,18)/t10-/m0/s1. The first-order chi connectivity index (χ1) is 10.2. The van der Waals surface area contributed by atoms with E-state index in [0.29, 0.717) is 17.9 Å². The van der Waals surface area contributed by atoms with Crippen LogP contribution in [0.4, 0.5) is 0 Å². The normalized spacial score (nSPS) is 12.2. The van der Waals surface area contributed by atoms with Gasteiger partial charge in [-0.3, -0.25) is 4.79 Å². The van der Waals surface area contributed by atoms with E-state index in [1.165, 1.54) is 6.26 Å². The molecule has 0 unspecified atom stereocenters. The Hall–Kier alpha value is -2.76. The number of hydrogen-bond donors (Lipinski definition) is 1. The van der Waals surface area contributed by atoms with E-state index in [1.54, 1.807) is 24.5 Å². The molecule has 0 aliphatic heterocycles. The van der Waals surface area contributed by atoms with Crippen LogP contribution in [0.25, 0.3) is 11.5 Å². The van der Waals surface area contributed by atoms with Crippen molar-refractivity contribution in [2.24, 2.45) is 0 Å². The minimum atomic E-state index is -0.296. The third kappa shape index (κ3) is 3.05. The predicted molar refractivity (Wildman–Crippen MR) is 73.5 cm³/mol. The molecule has 3 rings (SSSR count). The zero-order valence-corrected chi connectivity index (χ0v) is 11.4. The Kier molecular flexibility index (Phi) is 3.59. The van der Waals surface area contributed by atoms with E-state index in [4.69, 9.17) is 13.4 Å². The quantitative estimate of drug-likeness (QED) is 0.780. The highest BCUT2D eigenvalue weighted by molar-refractivity contribution is 5.93. The van der Waals surface area contributed by atoms with E-state index >= 15 is 0 Å². The highest BCUT2D eigenvalue weighted by Gasteiger charge is 2.17. The topological polar surface area (TPSA) is 81.4 Å². The zero-order chi connectivity index (χ0) is 14.7. The number of nitrogens with one attached hydrogen (secondary N) is 1. The molecule has 3 heterocycles. The number of rotatable bonds is 5. The Bertz CT molecular complexity index is 698. The van der Waals surface area contributed by atoms with E-state index in [9.17, 15) is 4.79 Å². The molecule has 0 aromatic carbocycles. The molecule has 3 aromatic heterocycles. The highest BCUT2D eigenvalue weighted by atomic mass is 16.5. The second-order valence-electron chi connectivity index (χ2n) is 4.71. The van der Waals surface area contributed by atoms with Crippen LogP contribution in [0, 0.1) is 0 Å². The predicted octanol–water partition coefficient (Wildman–Crippen LogP) is 2.89. The minimum absolute atomic E-state index is 0.0765. The lowest BCUT2D eigenvalue weighted by molar-refractivity contribution is 0.0930. The van der Waals surface area contributed by atoms with Crippen molar-refractivity contribution in [1.29, 1.82) is 0 Å². The van der Waals surface area contributed by atoms with Gasteiger partial charge in [-0.2, -0.15) is 0 Å². The van der Waals surface area contributed by atoms with E-state index < -0.39 is 0 Å². The Balaban J connectivity index is 1.63. The molecule has 0 aliphatic carbocycles. The first kappa shape index (κ1) is 13.2. The Morgan fingerprint density at radius 2 is 2.05 bits per heavy atom. The Morgan fingerprint density at radius 3 is 2.76 bits per heavy atom. The van der Waals surface area contributed by atoms with Crippen molar-refractivity contribution >= 4 is 5.91 Å². The van der Waals surface area contributed by atoms with Crippen LogP contribution in [-0.4, -0.2) is 17.1 Å². The molecule has 6 heteroatoms. The number of furan rings is 2. The lowest BCUT2D eigenvalue weighted by Crippen LogP contribution is -2.34. The molecule has 0 radical (unpaired) electrons. The smallest absolute Gasteiger partial charge is 0.273 e. The average molecular weight is 286 g/mol. The van der Waals surface area contributed by atoms with Gasteiger partial charge in [0, 0.05) is 18.5 Å². The Labute approximate surface area is 120 Å². The number of carbonyl (C=O) groups is 1. The molecule has 1 atom stereocenters. The number of nitrogens with zero attached hydrogens (tertiary/aromatic N) is 1. The summed E-state index contributed by atoms with van der Waals surface area (Å²) in [6, 6.07) is 8.64. The van der Waals surface area contributed by atoms with Crippen LogP contribution >= 0.6 is 0 Å². The van der Waals surface area contributed by atoms with Gasteiger partial charge in [0.05, 0.1) is 12.5 Å². The molecule has 0 fully saturated rings. The molecule has 1 N–H and O–H groups in total. The molecule has 0 saturated carbocycles. The summed E-state index contributed by atoms with van der Waals surface area (Å²) in [4.78, 5) is 12.1.